The summed E-state index contributed by atoms with van der Waals surface area (Å²) in [6.07, 6.45) is 3.55. The van der Waals surface area contributed by atoms with E-state index in [2.05, 4.69) is 20.1 Å². The lowest BCUT2D eigenvalue weighted by atomic mass is 10.1. The zero-order valence-corrected chi connectivity index (χ0v) is 13.6. The molecule has 0 saturated heterocycles. The van der Waals surface area contributed by atoms with Crippen molar-refractivity contribution in [2.75, 3.05) is 7.05 Å². The lowest BCUT2D eigenvalue weighted by Gasteiger charge is -2.22. The van der Waals surface area contributed by atoms with Crippen LogP contribution in [0.15, 0.2) is 47.4 Å². The van der Waals surface area contributed by atoms with Crippen LogP contribution in [0.25, 0.3) is 0 Å². The van der Waals surface area contributed by atoms with Gasteiger partial charge >= 0.3 is 0 Å². The molecule has 0 radical (unpaired) electrons. The molecule has 0 aliphatic rings. The van der Waals surface area contributed by atoms with Crippen molar-refractivity contribution >= 4 is 0 Å². The van der Waals surface area contributed by atoms with Gasteiger partial charge in [-0.05, 0) is 31.7 Å². The molecule has 1 aromatic carbocycles. The van der Waals surface area contributed by atoms with Crippen LogP contribution in [-0.2, 0) is 13.0 Å². The second kappa shape index (κ2) is 7.27. The molecule has 0 aliphatic heterocycles. The van der Waals surface area contributed by atoms with Crippen molar-refractivity contribution < 1.29 is 8.91 Å². The van der Waals surface area contributed by atoms with Crippen molar-refractivity contribution in [2.45, 2.75) is 25.9 Å². The Kier molecular flexibility index (Phi) is 4.90. The van der Waals surface area contributed by atoms with E-state index in [-0.39, 0.29) is 11.9 Å². The number of halogens is 1. The lowest BCUT2D eigenvalue weighted by Crippen LogP contribution is -2.22. The number of benzene rings is 1. The molecule has 6 nitrogen and oxygen atoms in total. The first-order valence-electron chi connectivity index (χ1n) is 7.64. The second-order valence-corrected chi connectivity index (χ2v) is 5.60. The Morgan fingerprint density at radius 1 is 1.25 bits per heavy atom. The minimum atomic E-state index is -0.265. The highest BCUT2D eigenvalue weighted by atomic mass is 19.1. The molecule has 3 rings (SSSR count). The Balaban J connectivity index is 1.64. The SMILES string of the molecule is C[C@H](c1ccncn1)N(C)Cc1nc(Cc2ccccc2F)no1. The normalized spacial score (nSPS) is 12.5. The van der Waals surface area contributed by atoms with E-state index >= 15 is 0 Å². The van der Waals surface area contributed by atoms with Crippen molar-refractivity contribution in [3.05, 3.63) is 71.6 Å². The summed E-state index contributed by atoms with van der Waals surface area (Å²) >= 11 is 0. The van der Waals surface area contributed by atoms with Crippen LogP contribution in [-0.4, -0.2) is 32.1 Å². The van der Waals surface area contributed by atoms with Gasteiger partial charge in [0.15, 0.2) is 5.82 Å². The monoisotopic (exact) mass is 327 g/mol. The predicted octanol–water partition coefficient (Wildman–Crippen LogP) is 2.78. The van der Waals surface area contributed by atoms with E-state index in [1.54, 1.807) is 24.4 Å². The van der Waals surface area contributed by atoms with Crippen LogP contribution in [0.4, 0.5) is 4.39 Å². The standard InChI is InChI=1S/C17H18FN5O/c1-12(15-7-8-19-11-20-15)23(2)10-17-21-16(22-24-17)9-13-5-3-4-6-14(13)18/h3-8,11-12H,9-10H2,1-2H3/t12-/m1/s1. The molecule has 2 heterocycles. The van der Waals surface area contributed by atoms with Gasteiger partial charge in [0, 0.05) is 18.7 Å². The fourth-order valence-electron chi connectivity index (χ4n) is 2.36. The van der Waals surface area contributed by atoms with E-state index in [0.717, 1.165) is 5.69 Å². The maximum Gasteiger partial charge on any atom is 0.240 e. The second-order valence-electron chi connectivity index (χ2n) is 5.60. The Labute approximate surface area is 139 Å². The van der Waals surface area contributed by atoms with Crippen LogP contribution in [0.2, 0.25) is 0 Å². The molecule has 0 amide bonds. The van der Waals surface area contributed by atoms with Crippen LogP contribution in [0.3, 0.4) is 0 Å². The fourth-order valence-corrected chi connectivity index (χ4v) is 2.36. The third kappa shape index (κ3) is 3.80. The van der Waals surface area contributed by atoms with E-state index in [4.69, 9.17) is 4.52 Å². The molecule has 0 fully saturated rings. The summed E-state index contributed by atoms with van der Waals surface area (Å²) in [6.45, 7) is 2.52. The molecule has 0 spiro atoms. The molecule has 24 heavy (non-hydrogen) atoms. The summed E-state index contributed by atoms with van der Waals surface area (Å²) < 4.78 is 19.0. The fraction of sp³-hybridized carbons (Fsp3) is 0.294. The lowest BCUT2D eigenvalue weighted by molar-refractivity contribution is 0.213. The Morgan fingerprint density at radius 2 is 2.08 bits per heavy atom. The maximum absolute atomic E-state index is 13.7. The van der Waals surface area contributed by atoms with E-state index < -0.39 is 0 Å². The highest BCUT2D eigenvalue weighted by molar-refractivity contribution is 5.20. The van der Waals surface area contributed by atoms with Gasteiger partial charge in [-0.15, -0.1) is 0 Å². The molecule has 7 heteroatoms. The zero-order chi connectivity index (χ0) is 16.9. The third-order valence-corrected chi connectivity index (χ3v) is 3.90. The summed E-state index contributed by atoms with van der Waals surface area (Å²) in [5.41, 5.74) is 1.46. The molecular weight excluding hydrogens is 309 g/mol. The van der Waals surface area contributed by atoms with Crippen LogP contribution in [0, 0.1) is 5.82 Å². The number of aromatic nitrogens is 4. The van der Waals surface area contributed by atoms with E-state index in [0.29, 0.717) is 30.2 Å². The number of nitrogens with zero attached hydrogens (tertiary/aromatic N) is 5. The van der Waals surface area contributed by atoms with Gasteiger partial charge in [-0.3, -0.25) is 4.90 Å². The average molecular weight is 327 g/mol. The van der Waals surface area contributed by atoms with Gasteiger partial charge in [0.05, 0.1) is 12.2 Å². The number of hydrogen-bond acceptors (Lipinski definition) is 6. The molecule has 0 N–H and O–H groups in total. The Hall–Kier alpha value is -2.67. The molecular formula is C17H18FN5O. The van der Waals surface area contributed by atoms with Crippen molar-refractivity contribution in [1.29, 1.82) is 0 Å². The molecule has 0 unspecified atom stereocenters. The van der Waals surface area contributed by atoms with Crippen molar-refractivity contribution in [3.8, 4) is 0 Å². The molecule has 0 aliphatic carbocycles. The largest absolute Gasteiger partial charge is 0.338 e. The van der Waals surface area contributed by atoms with Crippen molar-refractivity contribution in [2.24, 2.45) is 0 Å². The van der Waals surface area contributed by atoms with Gasteiger partial charge < -0.3 is 4.52 Å². The van der Waals surface area contributed by atoms with Crippen molar-refractivity contribution in [3.63, 3.8) is 0 Å². The van der Waals surface area contributed by atoms with Gasteiger partial charge in [0.2, 0.25) is 5.89 Å². The Morgan fingerprint density at radius 3 is 2.83 bits per heavy atom. The minimum Gasteiger partial charge on any atom is -0.338 e. The number of hydrogen-bond donors (Lipinski definition) is 0. The summed E-state index contributed by atoms with van der Waals surface area (Å²) in [7, 11) is 1.95. The van der Waals surface area contributed by atoms with Gasteiger partial charge in [-0.25, -0.2) is 14.4 Å². The first kappa shape index (κ1) is 16.2. The smallest absolute Gasteiger partial charge is 0.240 e. The van der Waals surface area contributed by atoms with E-state index in [9.17, 15) is 4.39 Å². The minimum absolute atomic E-state index is 0.0786. The van der Waals surface area contributed by atoms with Gasteiger partial charge in [0.25, 0.3) is 0 Å². The summed E-state index contributed by atoms with van der Waals surface area (Å²) in [6, 6.07) is 8.54. The van der Waals surface area contributed by atoms with Crippen LogP contribution in [0.5, 0.6) is 0 Å². The van der Waals surface area contributed by atoms with Crippen LogP contribution in [0.1, 0.15) is 35.9 Å². The number of rotatable bonds is 6. The summed E-state index contributed by atoms with van der Waals surface area (Å²) in [4.78, 5) is 14.6. The molecule has 3 aromatic rings. The van der Waals surface area contributed by atoms with Gasteiger partial charge in [-0.1, -0.05) is 23.4 Å². The molecule has 0 saturated carbocycles. The van der Waals surface area contributed by atoms with Crippen LogP contribution >= 0.6 is 0 Å². The van der Waals surface area contributed by atoms with E-state index in [1.165, 1.54) is 12.4 Å². The first-order chi connectivity index (χ1) is 11.6. The molecule has 0 bridgehead atoms. The maximum atomic E-state index is 13.7. The highest BCUT2D eigenvalue weighted by Gasteiger charge is 2.17. The highest BCUT2D eigenvalue weighted by Crippen LogP contribution is 2.18. The third-order valence-electron chi connectivity index (χ3n) is 3.90. The summed E-state index contributed by atoms with van der Waals surface area (Å²) in [5, 5.41) is 3.93. The average Bonchev–Trinajstić information content (AvgIpc) is 3.04. The van der Waals surface area contributed by atoms with Crippen LogP contribution < -0.4 is 0 Å². The van der Waals surface area contributed by atoms with Gasteiger partial charge in [0.1, 0.15) is 12.1 Å². The molecule has 2 aromatic heterocycles. The topological polar surface area (TPSA) is 67.9 Å². The summed E-state index contributed by atoms with van der Waals surface area (Å²) in [5.74, 6) is 0.696. The molecule has 124 valence electrons. The quantitative estimate of drug-likeness (QED) is 0.693. The first-order valence-corrected chi connectivity index (χ1v) is 7.64. The Bertz CT molecular complexity index is 792. The zero-order valence-electron chi connectivity index (χ0n) is 13.6. The van der Waals surface area contributed by atoms with Crippen molar-refractivity contribution in [1.82, 2.24) is 25.0 Å². The molecule has 1 atom stereocenters. The van der Waals surface area contributed by atoms with Gasteiger partial charge in [-0.2, -0.15) is 4.98 Å². The van der Waals surface area contributed by atoms with E-state index in [1.807, 2.05) is 24.9 Å². The predicted molar refractivity (Wildman–Crippen MR) is 85.4 cm³/mol.